The topological polar surface area (TPSA) is 157 Å². The highest BCUT2D eigenvalue weighted by Gasteiger charge is 2.66. The van der Waals surface area contributed by atoms with Crippen molar-refractivity contribution in [2.75, 3.05) is 18.6 Å². The monoisotopic (exact) mass is 538 g/mol. The van der Waals surface area contributed by atoms with Gasteiger partial charge in [-0.1, -0.05) is 30.0 Å². The molecule has 0 aliphatic carbocycles. The predicted octanol–water partition coefficient (Wildman–Crippen LogP) is 0.832. The first-order valence-corrected chi connectivity index (χ1v) is 13.9. The maximum absolute atomic E-state index is 13.2. The van der Waals surface area contributed by atoms with Gasteiger partial charge in [0, 0.05) is 31.9 Å². The highest BCUT2D eigenvalue weighted by Crippen LogP contribution is 2.49. The molecule has 1 N–H and O–H groups in total. The molecule has 15 heteroatoms. The number of carboxylic acids is 1. The summed E-state index contributed by atoms with van der Waals surface area (Å²) in [7, 11) is -0.765. The number of tetrazole rings is 1. The number of thioether (sulfide) groups is 2. The molecule has 4 rings (SSSR count). The van der Waals surface area contributed by atoms with E-state index in [-0.39, 0.29) is 16.3 Å². The number of nitrogens with zero attached hydrogens (tertiary/aromatic N) is 6. The highest BCUT2D eigenvalue weighted by atomic mass is 32.2. The van der Waals surface area contributed by atoms with E-state index in [0.717, 1.165) is 4.90 Å². The first kappa shape index (κ1) is 25.3. The number of sulfone groups is 1. The minimum atomic E-state index is -3.73. The summed E-state index contributed by atoms with van der Waals surface area (Å²) >= 11 is 2.56. The Hall–Kier alpha value is -2.75. The number of carbonyl (C=O) groups is 2. The molecule has 12 nitrogen and oxygen atoms in total. The second kappa shape index (κ2) is 9.72. The van der Waals surface area contributed by atoms with Crippen LogP contribution < -0.4 is 0 Å². The molecule has 0 bridgehead atoms. The van der Waals surface area contributed by atoms with Gasteiger partial charge in [-0.05, 0) is 35.1 Å². The molecule has 2 aliphatic heterocycles. The largest absolute Gasteiger partial charge is 0.477 e. The molecule has 2 aliphatic rings. The first-order valence-electron chi connectivity index (χ1n) is 10.3. The number of amides is 1. The lowest BCUT2D eigenvalue weighted by Crippen LogP contribution is -2.73. The minimum Gasteiger partial charge on any atom is -0.477 e. The van der Waals surface area contributed by atoms with Crippen molar-refractivity contribution < 1.29 is 27.9 Å². The molecule has 1 amide bonds. The molecule has 1 aromatic carbocycles. The number of ether oxygens (including phenoxy) is 1. The normalized spacial score (nSPS) is 23.3. The third-order valence-corrected chi connectivity index (χ3v) is 10.1. The number of carboxylic acid groups (broad SMARTS) is 1. The number of rotatable bonds is 9. The van der Waals surface area contributed by atoms with E-state index in [2.05, 4.69) is 20.5 Å². The zero-order valence-electron chi connectivity index (χ0n) is 18.9. The molecule has 1 aromatic heterocycles. The Labute approximate surface area is 209 Å². The van der Waals surface area contributed by atoms with Crippen molar-refractivity contribution in [1.29, 1.82) is 0 Å². The highest BCUT2D eigenvalue weighted by molar-refractivity contribution is 8.01. The van der Waals surface area contributed by atoms with Gasteiger partial charge in [-0.3, -0.25) is 14.7 Å². The Morgan fingerprint density at radius 1 is 1.43 bits per heavy atom. The average Bonchev–Trinajstić information content (AvgIpc) is 3.27. The van der Waals surface area contributed by atoms with Gasteiger partial charge in [0.2, 0.25) is 5.16 Å². The van der Waals surface area contributed by atoms with E-state index in [4.69, 9.17) is 4.74 Å². The number of hydrogen-bond acceptors (Lipinski definition) is 11. The number of aliphatic carboxylic acids is 1. The Bertz CT molecular complexity index is 1310. The van der Waals surface area contributed by atoms with Crippen molar-refractivity contribution in [3.63, 3.8) is 0 Å². The number of carbonyl (C=O) groups excluding carboxylic acids is 1. The molecule has 0 radical (unpaired) electrons. The number of aromatic nitrogens is 4. The van der Waals surface area contributed by atoms with Crippen LogP contribution in [0.4, 0.5) is 0 Å². The maximum Gasteiger partial charge on any atom is 0.352 e. The van der Waals surface area contributed by atoms with E-state index < -0.39 is 38.1 Å². The smallest absolute Gasteiger partial charge is 0.352 e. The second-order valence-electron chi connectivity index (χ2n) is 7.71. The number of aryl methyl sites for hydroxylation is 1. The van der Waals surface area contributed by atoms with E-state index in [1.54, 1.807) is 25.2 Å². The summed E-state index contributed by atoms with van der Waals surface area (Å²) < 4.78 is 32.6. The molecule has 35 heavy (non-hydrogen) atoms. The van der Waals surface area contributed by atoms with Crippen LogP contribution in [0, 0.1) is 0 Å². The van der Waals surface area contributed by atoms with Crippen molar-refractivity contribution in [2.45, 2.75) is 33.3 Å². The lowest BCUT2D eigenvalue weighted by molar-refractivity contribution is -0.182. The number of β-lactam (4-membered cyclic amide) rings is 1. The van der Waals surface area contributed by atoms with Crippen LogP contribution >= 0.6 is 23.5 Å². The van der Waals surface area contributed by atoms with Crippen molar-refractivity contribution in [1.82, 2.24) is 25.1 Å². The Morgan fingerprint density at radius 2 is 2.14 bits per heavy atom. The van der Waals surface area contributed by atoms with Crippen molar-refractivity contribution in [3.05, 3.63) is 41.6 Å². The average molecular weight is 539 g/mol. The lowest BCUT2D eigenvalue weighted by atomic mass is 9.99. The van der Waals surface area contributed by atoms with Crippen LogP contribution in [-0.4, -0.2) is 91.7 Å². The van der Waals surface area contributed by atoms with Crippen LogP contribution in [0.25, 0.3) is 0 Å². The van der Waals surface area contributed by atoms with E-state index in [0.29, 0.717) is 16.5 Å². The third kappa shape index (κ3) is 4.37. The molecule has 3 heterocycles. The number of methoxy groups -OCH3 is 1. The molecule has 1 unspecified atom stereocenters. The summed E-state index contributed by atoms with van der Waals surface area (Å²) in [5.74, 6) is -1.33. The lowest BCUT2D eigenvalue weighted by Gasteiger charge is -2.53. The summed E-state index contributed by atoms with van der Waals surface area (Å²) in [6.07, 6.45) is 1.18. The predicted molar refractivity (Wildman–Crippen MR) is 129 cm³/mol. The molecule has 186 valence electrons. The minimum absolute atomic E-state index is 0.130. The summed E-state index contributed by atoms with van der Waals surface area (Å²) in [4.78, 5) is 30.9. The fourth-order valence-electron chi connectivity index (χ4n) is 3.66. The van der Waals surface area contributed by atoms with E-state index in [1.807, 2.05) is 0 Å². The van der Waals surface area contributed by atoms with Crippen LogP contribution in [0.1, 0.15) is 6.92 Å². The van der Waals surface area contributed by atoms with Gasteiger partial charge in [0.25, 0.3) is 11.6 Å². The van der Waals surface area contributed by atoms with E-state index >= 15 is 0 Å². The fourth-order valence-corrected chi connectivity index (χ4v) is 7.27. The van der Waals surface area contributed by atoms with Crippen LogP contribution in [0.5, 0.6) is 0 Å². The molecule has 0 saturated carbocycles. The molecule has 3 atom stereocenters. The zero-order valence-corrected chi connectivity index (χ0v) is 21.4. The fraction of sp³-hybridized carbons (Fsp3) is 0.400. The van der Waals surface area contributed by atoms with Crippen LogP contribution in [0.15, 0.2) is 56.6 Å². The summed E-state index contributed by atoms with van der Waals surface area (Å²) in [5.41, 5.74) is -1.30. The van der Waals surface area contributed by atoms with Gasteiger partial charge >= 0.3 is 5.97 Å². The van der Waals surface area contributed by atoms with Crippen LogP contribution in [0.3, 0.4) is 0 Å². The van der Waals surface area contributed by atoms with E-state index in [1.165, 1.54) is 60.6 Å². The number of benzene rings is 1. The van der Waals surface area contributed by atoms with Crippen molar-refractivity contribution in [3.8, 4) is 0 Å². The Kier molecular flexibility index (Phi) is 7.04. The molecule has 1 saturated heterocycles. The summed E-state index contributed by atoms with van der Waals surface area (Å²) in [6, 6.07) is 7.93. The standard InChI is InChI=1S/C20H22N6O6S3/c1-12(35(30,31)14-7-5-4-6-8-14)9-21-20(32-3)17(29)26-15(16(27)28)13(10-33-18(20)26)11-34-19-22-23-24-25(19)2/h4-9,12,18H,10-11H2,1-3H3,(H,27,28)/t12?,18-,20-/m0/s1. The molecule has 2 aromatic rings. The van der Waals surface area contributed by atoms with Gasteiger partial charge in [0.05, 0.1) is 10.1 Å². The van der Waals surface area contributed by atoms with Gasteiger partial charge in [-0.25, -0.2) is 17.9 Å². The second-order valence-corrected chi connectivity index (χ2v) is 12.0. The van der Waals surface area contributed by atoms with Gasteiger partial charge in [0.1, 0.15) is 11.1 Å². The van der Waals surface area contributed by atoms with Crippen molar-refractivity contribution >= 4 is 51.5 Å². The Balaban J connectivity index is 1.57. The maximum atomic E-state index is 13.2. The molecular weight excluding hydrogens is 516 g/mol. The number of aliphatic imine (C=N–C) groups is 1. The summed E-state index contributed by atoms with van der Waals surface area (Å²) in [5, 5.41) is 19.8. The van der Waals surface area contributed by atoms with Gasteiger partial charge in [-0.2, -0.15) is 0 Å². The molecular formula is C20H22N6O6S3. The van der Waals surface area contributed by atoms with Gasteiger partial charge < -0.3 is 9.84 Å². The van der Waals surface area contributed by atoms with Gasteiger partial charge in [-0.15, -0.1) is 16.9 Å². The number of hydrogen-bond donors (Lipinski definition) is 1. The molecule has 1 fully saturated rings. The van der Waals surface area contributed by atoms with Crippen molar-refractivity contribution in [2.24, 2.45) is 12.0 Å². The third-order valence-electron chi connectivity index (χ3n) is 5.59. The first-order chi connectivity index (χ1) is 16.6. The molecule has 0 spiro atoms. The van der Waals surface area contributed by atoms with Gasteiger partial charge in [0.15, 0.2) is 9.84 Å². The quantitative estimate of drug-likeness (QED) is 0.274. The zero-order chi connectivity index (χ0) is 25.4. The summed E-state index contributed by atoms with van der Waals surface area (Å²) in [6.45, 7) is 1.46. The SMILES string of the molecule is CO[C@@]1(N=CC(C)S(=O)(=O)c2ccccc2)C(=O)N2C(C(=O)O)=C(CSc3nnnn3C)CS[C@H]21. The Morgan fingerprint density at radius 3 is 2.74 bits per heavy atom. The number of fused-ring (bicyclic) bond motifs is 1. The van der Waals surface area contributed by atoms with E-state index in [9.17, 15) is 23.1 Å². The van der Waals surface area contributed by atoms with Crippen LogP contribution in [0.2, 0.25) is 0 Å². The van der Waals surface area contributed by atoms with Crippen LogP contribution in [-0.2, 0) is 31.2 Å².